The summed E-state index contributed by atoms with van der Waals surface area (Å²) in [5.74, 6) is 0.0262. The van der Waals surface area contributed by atoms with E-state index >= 15 is 0 Å². The molecule has 3 rings (SSSR count). The Bertz CT molecular complexity index is 934. The number of halogens is 1. The van der Waals surface area contributed by atoms with Gasteiger partial charge in [0.2, 0.25) is 0 Å². The largest absolute Gasteiger partial charge is 0.455 e. The highest BCUT2D eigenvalue weighted by Gasteiger charge is 2.14. The summed E-state index contributed by atoms with van der Waals surface area (Å²) in [6.45, 7) is 2.39. The number of benzene rings is 2. The zero-order valence-corrected chi connectivity index (χ0v) is 15.0. The third-order valence-corrected chi connectivity index (χ3v) is 5.28. The van der Waals surface area contributed by atoms with Crippen LogP contribution in [-0.4, -0.2) is 10.1 Å². The van der Waals surface area contributed by atoms with E-state index in [9.17, 15) is 13.4 Å². The van der Waals surface area contributed by atoms with Gasteiger partial charge in [-0.15, -0.1) is 0 Å². The molecule has 1 heterocycles. The molecule has 0 aliphatic rings. The van der Waals surface area contributed by atoms with Crippen molar-refractivity contribution in [1.29, 1.82) is 0 Å². The molecule has 0 radical (unpaired) electrons. The lowest BCUT2D eigenvalue weighted by Crippen LogP contribution is -2.22. The molecule has 0 bridgehead atoms. The van der Waals surface area contributed by atoms with Crippen molar-refractivity contribution in [3.05, 3.63) is 89.1 Å². The average Bonchev–Trinajstić information content (AvgIpc) is 3.10. The van der Waals surface area contributed by atoms with Crippen LogP contribution in [0.1, 0.15) is 27.4 Å². The molecule has 26 heavy (non-hydrogen) atoms. The number of carbonyl (C=O) groups excluding carboxylic acids is 1. The molecule has 0 saturated heterocycles. The van der Waals surface area contributed by atoms with E-state index < -0.39 is 10.8 Å². The molecular formula is C20H18FNO3S. The van der Waals surface area contributed by atoms with Crippen molar-refractivity contribution in [3.8, 4) is 0 Å². The van der Waals surface area contributed by atoms with Crippen molar-refractivity contribution in [2.75, 3.05) is 0 Å². The molecular weight excluding hydrogens is 353 g/mol. The summed E-state index contributed by atoms with van der Waals surface area (Å²) in [6, 6.07) is 16.5. The SMILES string of the molecule is Cc1ccccc1CNC(=O)c1ccc(C[S@](=O)c2ccc(F)cc2)o1. The van der Waals surface area contributed by atoms with Gasteiger partial charge in [-0.3, -0.25) is 9.00 Å². The molecule has 4 nitrogen and oxygen atoms in total. The van der Waals surface area contributed by atoms with Crippen molar-refractivity contribution in [1.82, 2.24) is 5.32 Å². The highest BCUT2D eigenvalue weighted by molar-refractivity contribution is 7.84. The molecule has 0 fully saturated rings. The number of hydrogen-bond acceptors (Lipinski definition) is 3. The van der Waals surface area contributed by atoms with Crippen LogP contribution in [0.25, 0.3) is 0 Å². The van der Waals surface area contributed by atoms with Gasteiger partial charge in [0.15, 0.2) is 5.76 Å². The van der Waals surface area contributed by atoms with Crippen molar-refractivity contribution in [2.24, 2.45) is 0 Å². The number of nitrogens with one attached hydrogen (secondary N) is 1. The first-order chi connectivity index (χ1) is 12.5. The van der Waals surface area contributed by atoms with Crippen molar-refractivity contribution in [3.63, 3.8) is 0 Å². The predicted octanol–water partition coefficient (Wildman–Crippen LogP) is 3.96. The smallest absolute Gasteiger partial charge is 0.287 e. The molecule has 0 spiro atoms. The van der Waals surface area contributed by atoms with Gasteiger partial charge in [-0.1, -0.05) is 24.3 Å². The highest BCUT2D eigenvalue weighted by Crippen LogP contribution is 2.16. The number of amides is 1. The molecule has 2 aromatic carbocycles. The maximum Gasteiger partial charge on any atom is 0.287 e. The molecule has 134 valence electrons. The lowest BCUT2D eigenvalue weighted by molar-refractivity contribution is 0.0921. The van der Waals surface area contributed by atoms with E-state index in [0.29, 0.717) is 17.2 Å². The molecule has 0 saturated carbocycles. The van der Waals surface area contributed by atoms with Crippen LogP contribution in [0.15, 0.2) is 70.0 Å². The van der Waals surface area contributed by atoms with Gasteiger partial charge in [0, 0.05) is 11.4 Å². The van der Waals surface area contributed by atoms with E-state index in [-0.39, 0.29) is 23.2 Å². The fourth-order valence-electron chi connectivity index (χ4n) is 2.45. The van der Waals surface area contributed by atoms with Crippen LogP contribution in [0.4, 0.5) is 4.39 Å². The number of furan rings is 1. The molecule has 0 unspecified atom stereocenters. The highest BCUT2D eigenvalue weighted by atomic mass is 32.2. The van der Waals surface area contributed by atoms with Crippen LogP contribution in [0.2, 0.25) is 0 Å². The second kappa shape index (κ2) is 8.10. The summed E-state index contributed by atoms with van der Waals surface area (Å²) in [7, 11) is -1.37. The van der Waals surface area contributed by atoms with Gasteiger partial charge in [-0.25, -0.2) is 4.39 Å². The van der Waals surface area contributed by atoms with Gasteiger partial charge in [0.05, 0.1) is 16.6 Å². The Morgan fingerprint density at radius 1 is 1.08 bits per heavy atom. The molecule has 1 amide bonds. The first-order valence-electron chi connectivity index (χ1n) is 8.08. The van der Waals surface area contributed by atoms with Crippen LogP contribution in [-0.2, 0) is 23.1 Å². The van der Waals surface area contributed by atoms with Crippen LogP contribution in [0.5, 0.6) is 0 Å². The minimum absolute atomic E-state index is 0.122. The van der Waals surface area contributed by atoms with Crippen LogP contribution < -0.4 is 5.32 Å². The van der Waals surface area contributed by atoms with E-state index in [0.717, 1.165) is 11.1 Å². The topological polar surface area (TPSA) is 59.3 Å². The van der Waals surface area contributed by atoms with Crippen LogP contribution >= 0.6 is 0 Å². The fraction of sp³-hybridized carbons (Fsp3) is 0.150. The molecule has 1 aromatic heterocycles. The normalized spacial score (nSPS) is 11.9. The summed E-state index contributed by atoms with van der Waals surface area (Å²) >= 11 is 0. The molecule has 1 atom stereocenters. The molecule has 0 aliphatic heterocycles. The summed E-state index contributed by atoms with van der Waals surface area (Å²) in [5.41, 5.74) is 2.13. The fourth-order valence-corrected chi connectivity index (χ4v) is 3.47. The van der Waals surface area contributed by atoms with E-state index in [2.05, 4.69) is 5.32 Å². The Labute approximate surface area is 153 Å². The Hall–Kier alpha value is -2.73. The van der Waals surface area contributed by atoms with Gasteiger partial charge >= 0.3 is 0 Å². The third-order valence-electron chi connectivity index (χ3n) is 3.94. The second-order valence-corrected chi connectivity index (χ2v) is 7.27. The van der Waals surface area contributed by atoms with E-state index in [1.54, 1.807) is 12.1 Å². The summed E-state index contributed by atoms with van der Waals surface area (Å²) in [5, 5.41) is 2.81. The summed E-state index contributed by atoms with van der Waals surface area (Å²) < 4.78 is 30.7. The van der Waals surface area contributed by atoms with Crippen molar-refractivity contribution < 1.29 is 17.8 Å². The monoisotopic (exact) mass is 371 g/mol. The van der Waals surface area contributed by atoms with E-state index in [1.807, 2.05) is 31.2 Å². The van der Waals surface area contributed by atoms with Crippen LogP contribution in [0, 0.1) is 12.7 Å². The number of aryl methyl sites for hydroxylation is 1. The van der Waals surface area contributed by atoms with Gasteiger partial charge in [0.1, 0.15) is 11.6 Å². The average molecular weight is 371 g/mol. The molecule has 6 heteroatoms. The second-order valence-electron chi connectivity index (χ2n) is 5.82. The summed E-state index contributed by atoms with van der Waals surface area (Å²) in [6.07, 6.45) is 0. The molecule has 1 N–H and O–H groups in total. The van der Waals surface area contributed by atoms with Gasteiger partial charge < -0.3 is 9.73 Å². The summed E-state index contributed by atoms with van der Waals surface area (Å²) in [4.78, 5) is 12.7. The maximum absolute atomic E-state index is 12.9. The molecule has 3 aromatic rings. The third kappa shape index (κ3) is 4.46. The van der Waals surface area contributed by atoms with Crippen molar-refractivity contribution >= 4 is 16.7 Å². The van der Waals surface area contributed by atoms with Crippen LogP contribution in [0.3, 0.4) is 0 Å². The standard InChI is InChI=1S/C20H18FNO3S/c1-14-4-2-3-5-15(14)12-22-20(23)19-11-8-17(25-19)13-26(24)18-9-6-16(21)7-10-18/h2-11H,12-13H2,1H3,(H,22,23)/t26-/m0/s1. The van der Waals surface area contributed by atoms with Crippen molar-refractivity contribution in [2.45, 2.75) is 24.1 Å². The first kappa shape index (κ1) is 18.1. The predicted molar refractivity (Wildman–Crippen MR) is 97.6 cm³/mol. The lowest BCUT2D eigenvalue weighted by atomic mass is 10.1. The first-order valence-corrected chi connectivity index (χ1v) is 9.40. The zero-order chi connectivity index (χ0) is 18.5. The van der Waals surface area contributed by atoms with E-state index in [1.165, 1.54) is 24.3 Å². The minimum atomic E-state index is -1.37. The van der Waals surface area contributed by atoms with Gasteiger partial charge in [-0.2, -0.15) is 0 Å². The van der Waals surface area contributed by atoms with Gasteiger partial charge in [-0.05, 0) is 54.4 Å². The Morgan fingerprint density at radius 2 is 1.81 bits per heavy atom. The minimum Gasteiger partial charge on any atom is -0.455 e. The Balaban J connectivity index is 1.60. The number of hydrogen-bond donors (Lipinski definition) is 1. The van der Waals surface area contributed by atoms with E-state index in [4.69, 9.17) is 4.42 Å². The maximum atomic E-state index is 12.9. The zero-order valence-electron chi connectivity index (χ0n) is 14.2. The Kier molecular flexibility index (Phi) is 5.63. The quantitative estimate of drug-likeness (QED) is 0.713. The lowest BCUT2D eigenvalue weighted by Gasteiger charge is -2.06. The Morgan fingerprint density at radius 3 is 2.54 bits per heavy atom. The molecule has 0 aliphatic carbocycles. The van der Waals surface area contributed by atoms with Gasteiger partial charge in [0.25, 0.3) is 5.91 Å². The number of rotatable bonds is 6. The number of carbonyl (C=O) groups is 1.